The van der Waals surface area contributed by atoms with Gasteiger partial charge in [-0.2, -0.15) is 0 Å². The van der Waals surface area contributed by atoms with Crippen LogP contribution in [0.5, 0.6) is 0 Å². The largest absolute Gasteiger partial charge is 0.481 e. The fourth-order valence-corrected chi connectivity index (χ4v) is 2.37. The van der Waals surface area contributed by atoms with Crippen LogP contribution in [0.25, 0.3) is 10.2 Å². The number of rotatable bonds is 5. The zero-order valence-corrected chi connectivity index (χ0v) is 10.4. The highest BCUT2D eigenvalue weighted by molar-refractivity contribution is 7.20. The molecule has 18 heavy (non-hydrogen) atoms. The summed E-state index contributed by atoms with van der Waals surface area (Å²) in [6.07, 6.45) is 0.478. The molecule has 0 aliphatic heterocycles. The van der Waals surface area contributed by atoms with Crippen molar-refractivity contribution in [3.05, 3.63) is 29.3 Å². The first-order chi connectivity index (χ1) is 8.66. The third kappa shape index (κ3) is 3.04. The van der Waals surface area contributed by atoms with Crippen molar-refractivity contribution in [2.75, 3.05) is 6.54 Å². The molecule has 0 aliphatic rings. The van der Waals surface area contributed by atoms with Crippen LogP contribution in [0.4, 0.5) is 0 Å². The monoisotopic (exact) mass is 264 g/mol. The molecular weight excluding hydrogens is 252 g/mol. The average molecular weight is 264 g/mol. The van der Waals surface area contributed by atoms with Gasteiger partial charge in [0, 0.05) is 13.0 Å². The summed E-state index contributed by atoms with van der Waals surface area (Å²) in [5.74, 6) is -1.11. The Balaban J connectivity index is 1.94. The fourth-order valence-electron chi connectivity index (χ4n) is 1.49. The summed E-state index contributed by atoms with van der Waals surface area (Å²) in [7, 11) is 0. The number of carboxylic acid groups (broad SMARTS) is 1. The number of fused-ring (bicyclic) bond motifs is 1. The Morgan fingerprint density at radius 2 is 2.11 bits per heavy atom. The van der Waals surface area contributed by atoms with Gasteiger partial charge in [-0.15, -0.1) is 11.3 Å². The molecule has 94 valence electrons. The number of carboxylic acids is 1. The normalized spacial score (nSPS) is 10.4. The Morgan fingerprint density at radius 3 is 2.83 bits per heavy atom. The van der Waals surface area contributed by atoms with Crippen molar-refractivity contribution in [1.29, 1.82) is 0 Å². The van der Waals surface area contributed by atoms with Gasteiger partial charge in [0.2, 0.25) is 0 Å². The van der Waals surface area contributed by atoms with Crippen molar-refractivity contribution < 1.29 is 14.7 Å². The highest BCUT2D eigenvalue weighted by Crippen LogP contribution is 2.21. The second-order valence-corrected chi connectivity index (χ2v) is 4.77. The van der Waals surface area contributed by atoms with Gasteiger partial charge in [-0.1, -0.05) is 12.1 Å². The molecule has 0 aliphatic carbocycles. The predicted octanol–water partition coefficient (Wildman–Crippen LogP) is 1.89. The molecule has 0 atom stereocenters. The van der Waals surface area contributed by atoms with E-state index in [1.54, 1.807) is 0 Å². The third-order valence-corrected chi connectivity index (χ3v) is 3.38. The molecule has 0 unspecified atom stereocenters. The standard InChI is InChI=1S/C12H12N2O3S/c15-10(16)6-3-7-13-11(17)12-14-8-4-1-2-5-9(8)18-12/h1-2,4-5H,3,6-7H2,(H,13,17)(H,15,16). The maximum atomic E-state index is 11.7. The molecule has 1 aromatic heterocycles. The molecule has 0 spiro atoms. The van der Waals surface area contributed by atoms with Crippen LogP contribution in [0.1, 0.15) is 22.6 Å². The summed E-state index contributed by atoms with van der Waals surface area (Å²) in [5, 5.41) is 11.5. The summed E-state index contributed by atoms with van der Waals surface area (Å²) in [6.45, 7) is 0.348. The number of aliphatic carboxylic acids is 1. The number of para-hydroxylation sites is 1. The van der Waals surface area contributed by atoms with Crippen molar-refractivity contribution in [3.8, 4) is 0 Å². The SMILES string of the molecule is O=C(O)CCCNC(=O)c1nc2ccccc2s1. The smallest absolute Gasteiger partial charge is 0.303 e. The lowest BCUT2D eigenvalue weighted by Gasteiger charge is -2.00. The van der Waals surface area contributed by atoms with Gasteiger partial charge in [-0.25, -0.2) is 4.98 Å². The van der Waals surface area contributed by atoms with Crippen LogP contribution >= 0.6 is 11.3 Å². The van der Waals surface area contributed by atoms with E-state index in [1.165, 1.54) is 11.3 Å². The van der Waals surface area contributed by atoms with Gasteiger partial charge in [0.1, 0.15) is 0 Å². The number of carbonyl (C=O) groups excluding carboxylic acids is 1. The number of nitrogens with zero attached hydrogens (tertiary/aromatic N) is 1. The van der Waals surface area contributed by atoms with Crippen LogP contribution in [0.15, 0.2) is 24.3 Å². The molecule has 2 aromatic rings. The number of aromatic nitrogens is 1. The minimum Gasteiger partial charge on any atom is -0.481 e. The summed E-state index contributed by atoms with van der Waals surface area (Å²) >= 11 is 1.33. The van der Waals surface area contributed by atoms with E-state index in [-0.39, 0.29) is 12.3 Å². The van der Waals surface area contributed by atoms with Crippen LogP contribution in [0, 0.1) is 0 Å². The fraction of sp³-hybridized carbons (Fsp3) is 0.250. The summed E-state index contributed by atoms with van der Waals surface area (Å²) in [6, 6.07) is 7.53. The van der Waals surface area contributed by atoms with E-state index >= 15 is 0 Å². The molecule has 2 N–H and O–H groups in total. The van der Waals surface area contributed by atoms with E-state index in [4.69, 9.17) is 5.11 Å². The molecule has 0 saturated carbocycles. The molecular formula is C12H12N2O3S. The minimum absolute atomic E-state index is 0.0557. The Labute approximate surface area is 107 Å². The van der Waals surface area contributed by atoms with Crippen LogP contribution in [-0.2, 0) is 4.79 Å². The molecule has 0 fully saturated rings. The van der Waals surface area contributed by atoms with E-state index in [0.29, 0.717) is 18.0 Å². The summed E-state index contributed by atoms with van der Waals surface area (Å²) in [4.78, 5) is 26.3. The maximum Gasteiger partial charge on any atom is 0.303 e. The highest BCUT2D eigenvalue weighted by atomic mass is 32.1. The van der Waals surface area contributed by atoms with Gasteiger partial charge in [0.05, 0.1) is 10.2 Å². The van der Waals surface area contributed by atoms with Crippen LogP contribution in [0.3, 0.4) is 0 Å². The molecule has 1 aromatic carbocycles. The number of nitrogens with one attached hydrogen (secondary N) is 1. The zero-order valence-electron chi connectivity index (χ0n) is 9.55. The number of benzene rings is 1. The Morgan fingerprint density at radius 1 is 1.33 bits per heavy atom. The van der Waals surface area contributed by atoms with Gasteiger partial charge < -0.3 is 10.4 Å². The van der Waals surface area contributed by atoms with Crippen LogP contribution < -0.4 is 5.32 Å². The van der Waals surface area contributed by atoms with E-state index in [0.717, 1.165) is 10.2 Å². The second-order valence-electron chi connectivity index (χ2n) is 3.74. The van der Waals surface area contributed by atoms with Crippen molar-refractivity contribution in [3.63, 3.8) is 0 Å². The first kappa shape index (κ1) is 12.5. The van der Waals surface area contributed by atoms with Gasteiger partial charge >= 0.3 is 5.97 Å². The molecule has 1 amide bonds. The van der Waals surface area contributed by atoms with Gasteiger partial charge in [0.15, 0.2) is 5.01 Å². The topological polar surface area (TPSA) is 79.3 Å². The Bertz CT molecular complexity index is 546. The number of thiazole rings is 1. The van der Waals surface area contributed by atoms with E-state index < -0.39 is 5.97 Å². The van der Waals surface area contributed by atoms with E-state index in [2.05, 4.69) is 10.3 Å². The zero-order chi connectivity index (χ0) is 13.0. The number of amides is 1. The molecule has 0 bridgehead atoms. The minimum atomic E-state index is -0.857. The van der Waals surface area contributed by atoms with Crippen molar-refractivity contribution in [1.82, 2.24) is 10.3 Å². The highest BCUT2D eigenvalue weighted by Gasteiger charge is 2.11. The Kier molecular flexibility index (Phi) is 3.88. The first-order valence-corrected chi connectivity index (χ1v) is 6.34. The van der Waals surface area contributed by atoms with Crippen LogP contribution in [0.2, 0.25) is 0 Å². The number of carbonyl (C=O) groups is 2. The Hall–Kier alpha value is -1.95. The van der Waals surface area contributed by atoms with E-state index in [9.17, 15) is 9.59 Å². The van der Waals surface area contributed by atoms with Gasteiger partial charge in [0.25, 0.3) is 5.91 Å². The average Bonchev–Trinajstić information content (AvgIpc) is 2.78. The van der Waals surface area contributed by atoms with Crippen molar-refractivity contribution in [2.24, 2.45) is 0 Å². The molecule has 6 heteroatoms. The molecule has 0 saturated heterocycles. The lowest BCUT2D eigenvalue weighted by atomic mass is 10.3. The van der Waals surface area contributed by atoms with Crippen molar-refractivity contribution >= 4 is 33.4 Å². The third-order valence-electron chi connectivity index (χ3n) is 2.34. The quantitative estimate of drug-likeness (QED) is 0.808. The number of hydrogen-bond donors (Lipinski definition) is 2. The summed E-state index contributed by atoms with van der Waals surface area (Å²) in [5.41, 5.74) is 0.804. The van der Waals surface area contributed by atoms with Gasteiger partial charge in [-0.05, 0) is 18.6 Å². The first-order valence-electron chi connectivity index (χ1n) is 5.52. The number of hydrogen-bond acceptors (Lipinski definition) is 4. The van der Waals surface area contributed by atoms with Crippen LogP contribution in [-0.4, -0.2) is 28.5 Å². The molecule has 0 radical (unpaired) electrons. The second kappa shape index (κ2) is 5.59. The molecule has 2 rings (SSSR count). The van der Waals surface area contributed by atoms with Crippen molar-refractivity contribution in [2.45, 2.75) is 12.8 Å². The molecule has 5 nitrogen and oxygen atoms in total. The molecule has 1 heterocycles. The maximum absolute atomic E-state index is 11.7. The lowest BCUT2D eigenvalue weighted by molar-refractivity contribution is -0.137. The van der Waals surface area contributed by atoms with E-state index in [1.807, 2.05) is 24.3 Å². The van der Waals surface area contributed by atoms with Gasteiger partial charge in [-0.3, -0.25) is 9.59 Å². The lowest BCUT2D eigenvalue weighted by Crippen LogP contribution is -2.24. The summed E-state index contributed by atoms with van der Waals surface area (Å²) < 4.78 is 0.966. The predicted molar refractivity (Wildman–Crippen MR) is 68.8 cm³/mol.